The van der Waals surface area contributed by atoms with Crippen LogP contribution in [0.5, 0.6) is 0 Å². The van der Waals surface area contributed by atoms with Gasteiger partial charge in [0.1, 0.15) is 0 Å². The van der Waals surface area contributed by atoms with Crippen molar-refractivity contribution >= 4 is 39.8 Å². The third-order valence-corrected chi connectivity index (χ3v) is 6.28. The van der Waals surface area contributed by atoms with E-state index in [1.807, 2.05) is 36.4 Å². The second-order valence-electron chi connectivity index (χ2n) is 7.41. The molecular formula is C25H21N3OS. The molecular weight excluding hydrogens is 390 g/mol. The van der Waals surface area contributed by atoms with Gasteiger partial charge in [0.25, 0.3) is 5.91 Å². The zero-order chi connectivity index (χ0) is 20.3. The fourth-order valence-corrected chi connectivity index (χ4v) is 4.73. The van der Waals surface area contributed by atoms with Crippen molar-refractivity contribution in [1.82, 2.24) is 15.3 Å². The Balaban J connectivity index is 1.59. The van der Waals surface area contributed by atoms with Crippen molar-refractivity contribution in [3.63, 3.8) is 0 Å². The van der Waals surface area contributed by atoms with Gasteiger partial charge in [-0.25, -0.2) is 4.98 Å². The second kappa shape index (κ2) is 8.20. The van der Waals surface area contributed by atoms with Crippen LogP contribution in [0.3, 0.4) is 0 Å². The Labute approximate surface area is 179 Å². The highest BCUT2D eigenvalue weighted by Gasteiger charge is 2.25. The number of pyridine rings is 2. The van der Waals surface area contributed by atoms with Crippen molar-refractivity contribution in [1.29, 1.82) is 0 Å². The van der Waals surface area contributed by atoms with Crippen molar-refractivity contribution in [2.75, 3.05) is 0 Å². The molecule has 0 saturated carbocycles. The maximum absolute atomic E-state index is 13.4. The van der Waals surface area contributed by atoms with Crippen LogP contribution in [0.15, 0.2) is 66.3 Å². The van der Waals surface area contributed by atoms with Gasteiger partial charge in [-0.05, 0) is 71.7 Å². The minimum atomic E-state index is -0.0426. The lowest BCUT2D eigenvalue weighted by Crippen LogP contribution is -2.26. The van der Waals surface area contributed by atoms with E-state index in [1.165, 1.54) is 10.5 Å². The van der Waals surface area contributed by atoms with Crippen LogP contribution in [0.2, 0.25) is 0 Å². The first-order chi connectivity index (χ1) is 14.8. The van der Waals surface area contributed by atoms with E-state index < -0.39 is 0 Å². The predicted octanol–water partition coefficient (Wildman–Crippen LogP) is 5.50. The number of para-hydroxylation sites is 1. The molecule has 4 aromatic rings. The Morgan fingerprint density at radius 1 is 1.07 bits per heavy atom. The number of nitrogens with zero attached hydrogens (tertiary/aromatic N) is 2. The van der Waals surface area contributed by atoms with Crippen molar-refractivity contribution in [2.45, 2.75) is 25.8 Å². The number of benzene rings is 1. The number of aromatic nitrogens is 2. The molecule has 0 atom stereocenters. The highest BCUT2D eigenvalue weighted by Crippen LogP contribution is 2.36. The molecule has 5 heteroatoms. The third kappa shape index (κ3) is 3.64. The lowest BCUT2D eigenvalue weighted by molar-refractivity contribution is 0.0951. The molecule has 1 N–H and O–H groups in total. The Bertz CT molecular complexity index is 1230. The summed E-state index contributed by atoms with van der Waals surface area (Å²) < 4.78 is 0. The molecule has 0 aliphatic heterocycles. The topological polar surface area (TPSA) is 54.9 Å². The maximum atomic E-state index is 13.4. The van der Waals surface area contributed by atoms with Crippen molar-refractivity contribution < 1.29 is 4.79 Å². The fraction of sp³-hybridized carbons (Fsp3) is 0.160. The first-order valence-corrected chi connectivity index (χ1v) is 11.0. The SMILES string of the molecule is O=C(NCc1ccncc1)c1c2c(nc3ccccc13)/C(=C\c1cccs1)CCC2. The van der Waals surface area contributed by atoms with E-state index in [4.69, 9.17) is 4.98 Å². The first-order valence-electron chi connectivity index (χ1n) is 10.1. The lowest BCUT2D eigenvalue weighted by Gasteiger charge is -2.22. The second-order valence-corrected chi connectivity index (χ2v) is 8.39. The standard InChI is InChI=1S/C25H21N3OS/c29-25(27-16-17-10-12-26-13-11-17)23-20-7-1-2-9-22(20)28-24-18(5-3-8-21(23)24)15-19-6-4-14-30-19/h1-2,4,6-7,9-15H,3,5,8,16H2,(H,27,29)/b18-15-. The van der Waals surface area contributed by atoms with Gasteiger partial charge in [0, 0.05) is 29.2 Å². The lowest BCUT2D eigenvalue weighted by atomic mass is 9.86. The predicted molar refractivity (Wildman–Crippen MR) is 122 cm³/mol. The van der Waals surface area contributed by atoms with Gasteiger partial charge in [-0.15, -0.1) is 11.3 Å². The zero-order valence-electron chi connectivity index (χ0n) is 16.5. The number of fused-ring (bicyclic) bond motifs is 2. The molecule has 0 saturated heterocycles. The highest BCUT2D eigenvalue weighted by atomic mass is 32.1. The van der Waals surface area contributed by atoms with Gasteiger partial charge in [-0.2, -0.15) is 0 Å². The van der Waals surface area contributed by atoms with Gasteiger partial charge in [0.2, 0.25) is 0 Å². The largest absolute Gasteiger partial charge is 0.348 e. The molecule has 1 amide bonds. The summed E-state index contributed by atoms with van der Waals surface area (Å²) in [7, 11) is 0. The summed E-state index contributed by atoms with van der Waals surface area (Å²) in [6, 6.07) is 16.0. The number of thiophene rings is 1. The Morgan fingerprint density at radius 3 is 2.77 bits per heavy atom. The van der Waals surface area contributed by atoms with Gasteiger partial charge < -0.3 is 5.32 Å². The maximum Gasteiger partial charge on any atom is 0.252 e. The summed E-state index contributed by atoms with van der Waals surface area (Å²) in [5.41, 5.74) is 5.92. The third-order valence-electron chi connectivity index (χ3n) is 5.46. The molecule has 1 aliphatic carbocycles. The Morgan fingerprint density at radius 2 is 1.93 bits per heavy atom. The number of rotatable bonds is 4. The molecule has 1 aromatic carbocycles. The summed E-state index contributed by atoms with van der Waals surface area (Å²) in [6.07, 6.45) is 8.58. The number of carbonyl (C=O) groups excluding carboxylic acids is 1. The van der Waals surface area contributed by atoms with Crippen LogP contribution < -0.4 is 5.32 Å². The van der Waals surface area contributed by atoms with Crippen LogP contribution in [0.4, 0.5) is 0 Å². The normalized spacial score (nSPS) is 14.6. The number of hydrogen-bond donors (Lipinski definition) is 1. The van der Waals surface area contributed by atoms with Gasteiger partial charge in [0.15, 0.2) is 0 Å². The van der Waals surface area contributed by atoms with E-state index in [9.17, 15) is 4.79 Å². The van der Waals surface area contributed by atoms with Crippen molar-refractivity contribution in [3.05, 3.63) is 93.6 Å². The number of hydrogen-bond acceptors (Lipinski definition) is 4. The quantitative estimate of drug-likeness (QED) is 0.482. The molecule has 0 spiro atoms. The average molecular weight is 412 g/mol. The van der Waals surface area contributed by atoms with E-state index >= 15 is 0 Å². The van der Waals surface area contributed by atoms with Crippen LogP contribution in [-0.2, 0) is 13.0 Å². The number of allylic oxidation sites excluding steroid dienone is 1. The fourth-order valence-electron chi connectivity index (χ4n) is 4.05. The molecule has 148 valence electrons. The average Bonchev–Trinajstić information content (AvgIpc) is 3.30. The molecule has 0 bridgehead atoms. The monoisotopic (exact) mass is 411 g/mol. The van der Waals surface area contributed by atoms with Crippen LogP contribution >= 0.6 is 11.3 Å². The van der Waals surface area contributed by atoms with E-state index in [0.717, 1.165) is 52.5 Å². The Hall–Kier alpha value is -3.31. The Kier molecular flexibility index (Phi) is 5.11. The minimum Gasteiger partial charge on any atom is -0.348 e. The molecule has 4 nitrogen and oxygen atoms in total. The number of amides is 1. The van der Waals surface area contributed by atoms with E-state index in [0.29, 0.717) is 6.54 Å². The molecule has 1 aliphatic rings. The molecule has 0 radical (unpaired) electrons. The van der Waals surface area contributed by atoms with Gasteiger partial charge in [0.05, 0.1) is 16.8 Å². The first kappa shape index (κ1) is 18.7. The van der Waals surface area contributed by atoms with Gasteiger partial charge >= 0.3 is 0 Å². The van der Waals surface area contributed by atoms with Crippen LogP contribution in [0, 0.1) is 0 Å². The minimum absolute atomic E-state index is 0.0426. The summed E-state index contributed by atoms with van der Waals surface area (Å²) in [6.45, 7) is 0.477. The number of carbonyl (C=O) groups is 1. The van der Waals surface area contributed by atoms with E-state index in [1.54, 1.807) is 23.7 Å². The zero-order valence-corrected chi connectivity index (χ0v) is 17.3. The van der Waals surface area contributed by atoms with Crippen molar-refractivity contribution in [2.24, 2.45) is 0 Å². The van der Waals surface area contributed by atoms with E-state index in [2.05, 4.69) is 33.9 Å². The van der Waals surface area contributed by atoms with Crippen LogP contribution in [0.25, 0.3) is 22.6 Å². The highest BCUT2D eigenvalue weighted by molar-refractivity contribution is 7.10. The summed E-state index contributed by atoms with van der Waals surface area (Å²) in [4.78, 5) is 23.6. The number of nitrogens with one attached hydrogen (secondary N) is 1. The van der Waals surface area contributed by atoms with E-state index in [-0.39, 0.29) is 5.91 Å². The van der Waals surface area contributed by atoms with Crippen LogP contribution in [-0.4, -0.2) is 15.9 Å². The summed E-state index contributed by atoms with van der Waals surface area (Å²) in [5, 5.41) is 6.11. The van der Waals surface area contributed by atoms with Gasteiger partial charge in [-0.1, -0.05) is 24.3 Å². The molecule has 5 rings (SSSR count). The molecule has 0 fully saturated rings. The molecule has 3 heterocycles. The smallest absolute Gasteiger partial charge is 0.252 e. The molecule has 3 aromatic heterocycles. The summed E-state index contributed by atoms with van der Waals surface area (Å²) in [5.74, 6) is -0.0426. The van der Waals surface area contributed by atoms with Crippen molar-refractivity contribution in [3.8, 4) is 0 Å². The van der Waals surface area contributed by atoms with Crippen LogP contribution in [0.1, 0.15) is 44.9 Å². The summed E-state index contributed by atoms with van der Waals surface area (Å²) >= 11 is 1.72. The van der Waals surface area contributed by atoms with Gasteiger partial charge in [-0.3, -0.25) is 9.78 Å². The molecule has 30 heavy (non-hydrogen) atoms. The molecule has 0 unspecified atom stereocenters.